The van der Waals surface area contributed by atoms with Crippen molar-refractivity contribution in [1.29, 1.82) is 0 Å². The first kappa shape index (κ1) is 26.9. The Bertz CT molecular complexity index is 1160. The van der Waals surface area contributed by atoms with Crippen LogP contribution in [0.5, 0.6) is 0 Å². The predicted octanol–water partition coefficient (Wildman–Crippen LogP) is 2.04. The van der Waals surface area contributed by atoms with Crippen molar-refractivity contribution in [2.24, 2.45) is 0 Å². The normalized spacial score (nSPS) is 17.4. The molecule has 4 rings (SSSR count). The van der Waals surface area contributed by atoms with Crippen LogP contribution in [0.15, 0.2) is 30.5 Å². The number of benzene rings is 1. The Hall–Kier alpha value is -4.16. The minimum absolute atomic E-state index is 0.0130. The van der Waals surface area contributed by atoms with Gasteiger partial charge < -0.3 is 29.6 Å². The third-order valence-corrected chi connectivity index (χ3v) is 6.35. The number of esters is 1. The van der Waals surface area contributed by atoms with Gasteiger partial charge in [0.2, 0.25) is 5.91 Å². The Morgan fingerprint density at radius 2 is 1.87 bits per heavy atom. The summed E-state index contributed by atoms with van der Waals surface area (Å²) in [7, 11) is 0. The number of halogens is 2. The molecule has 204 valence electrons. The van der Waals surface area contributed by atoms with E-state index in [0.717, 1.165) is 17.0 Å². The monoisotopic (exact) mass is 533 g/mol. The van der Waals surface area contributed by atoms with Crippen LogP contribution in [0.1, 0.15) is 30.3 Å². The number of carbonyl (C=O) groups excluding carboxylic acids is 4. The molecule has 1 aromatic heterocycles. The average Bonchev–Trinajstić information content (AvgIpc) is 3.56. The van der Waals surface area contributed by atoms with Crippen LogP contribution in [-0.4, -0.2) is 85.7 Å². The van der Waals surface area contributed by atoms with Crippen LogP contribution in [0.25, 0.3) is 0 Å². The molecule has 2 aliphatic heterocycles. The van der Waals surface area contributed by atoms with Crippen LogP contribution in [0.4, 0.5) is 25.0 Å². The zero-order chi connectivity index (χ0) is 27.2. The summed E-state index contributed by atoms with van der Waals surface area (Å²) in [5, 5.41) is 2.54. The summed E-state index contributed by atoms with van der Waals surface area (Å²) < 4.78 is 40.2. The Labute approximate surface area is 217 Å². The smallest absolute Gasteiger partial charge is 0.414 e. The first-order valence-electron chi connectivity index (χ1n) is 12.3. The number of anilines is 2. The summed E-state index contributed by atoms with van der Waals surface area (Å²) in [6.07, 6.45) is 0.553. The molecule has 2 aromatic rings. The van der Waals surface area contributed by atoms with Gasteiger partial charge in [0.15, 0.2) is 11.6 Å². The van der Waals surface area contributed by atoms with E-state index in [1.54, 1.807) is 25.3 Å². The average molecular weight is 534 g/mol. The van der Waals surface area contributed by atoms with Gasteiger partial charge in [-0.15, -0.1) is 0 Å². The van der Waals surface area contributed by atoms with Crippen molar-refractivity contribution < 1.29 is 37.4 Å². The second-order valence-electron chi connectivity index (χ2n) is 8.85. The molecule has 1 aromatic carbocycles. The lowest BCUT2D eigenvalue weighted by Gasteiger charge is -2.36. The number of aromatic nitrogens is 1. The molecule has 0 radical (unpaired) electrons. The SMILES string of the molecule is CCOC(=O)CC[C@H]1CN(c2cc(F)c(N3CCN(C(=O)CNC(=O)c4ccc[nH]4)CC3)c(F)c2)C(=O)O1. The summed E-state index contributed by atoms with van der Waals surface area (Å²) in [4.78, 5) is 55.2. The second-order valence-corrected chi connectivity index (χ2v) is 8.85. The van der Waals surface area contributed by atoms with Gasteiger partial charge in [-0.3, -0.25) is 19.3 Å². The van der Waals surface area contributed by atoms with Gasteiger partial charge in [0, 0.05) is 50.9 Å². The number of H-pyrrole nitrogens is 1. The quantitative estimate of drug-likeness (QED) is 0.473. The van der Waals surface area contributed by atoms with E-state index in [2.05, 4.69) is 10.3 Å². The lowest BCUT2D eigenvalue weighted by Crippen LogP contribution is -2.51. The van der Waals surface area contributed by atoms with Gasteiger partial charge in [-0.05, 0) is 25.5 Å². The number of carbonyl (C=O) groups is 4. The number of piperazine rings is 1. The van der Waals surface area contributed by atoms with Gasteiger partial charge in [0.05, 0.1) is 25.4 Å². The maximum atomic E-state index is 15.1. The minimum Gasteiger partial charge on any atom is -0.466 e. The topological polar surface area (TPSA) is 124 Å². The first-order valence-corrected chi connectivity index (χ1v) is 12.3. The molecule has 0 bridgehead atoms. The van der Waals surface area contributed by atoms with Crippen molar-refractivity contribution >= 4 is 35.3 Å². The van der Waals surface area contributed by atoms with Crippen molar-refractivity contribution in [3.8, 4) is 0 Å². The number of hydrogen-bond acceptors (Lipinski definition) is 7. The van der Waals surface area contributed by atoms with Crippen molar-refractivity contribution in [2.45, 2.75) is 25.9 Å². The van der Waals surface area contributed by atoms with E-state index in [9.17, 15) is 19.2 Å². The standard InChI is InChI=1S/C25H29F2N5O6/c1-2-37-22(34)6-5-17-15-32(25(36)38-17)16-12-18(26)23(19(27)13-16)31-10-8-30(9-11-31)21(33)14-29-24(35)20-4-3-7-28-20/h3-4,7,12-13,17,28H,2,5-6,8-11,14-15H2,1H3,(H,29,35)/t17-/m0/s1. The van der Waals surface area contributed by atoms with Crippen LogP contribution in [-0.2, 0) is 19.1 Å². The van der Waals surface area contributed by atoms with Crippen molar-refractivity contribution in [3.05, 3.63) is 47.8 Å². The molecule has 3 amide bonds. The molecule has 2 saturated heterocycles. The minimum atomic E-state index is -0.847. The van der Waals surface area contributed by atoms with Crippen LogP contribution in [0.3, 0.4) is 0 Å². The van der Waals surface area contributed by atoms with Gasteiger partial charge in [-0.25, -0.2) is 13.6 Å². The Morgan fingerprint density at radius 1 is 1.16 bits per heavy atom. The summed E-state index contributed by atoms with van der Waals surface area (Å²) in [6.45, 7) is 2.61. The molecule has 2 aliphatic rings. The molecule has 13 heteroatoms. The van der Waals surface area contributed by atoms with Crippen LogP contribution in [0.2, 0.25) is 0 Å². The number of cyclic esters (lactones) is 1. The predicted molar refractivity (Wildman–Crippen MR) is 132 cm³/mol. The zero-order valence-electron chi connectivity index (χ0n) is 20.9. The molecule has 3 heterocycles. The highest BCUT2D eigenvalue weighted by atomic mass is 19.1. The van der Waals surface area contributed by atoms with E-state index < -0.39 is 35.7 Å². The van der Waals surface area contributed by atoms with Gasteiger partial charge in [0.25, 0.3) is 5.91 Å². The van der Waals surface area contributed by atoms with Gasteiger partial charge in [-0.1, -0.05) is 0 Å². The molecule has 0 unspecified atom stereocenters. The molecule has 0 saturated carbocycles. The number of amides is 3. The zero-order valence-corrected chi connectivity index (χ0v) is 20.9. The van der Waals surface area contributed by atoms with Crippen molar-refractivity contribution in [1.82, 2.24) is 15.2 Å². The van der Waals surface area contributed by atoms with Gasteiger partial charge in [0.1, 0.15) is 17.5 Å². The summed E-state index contributed by atoms with van der Waals surface area (Å²) in [5.74, 6) is -2.81. The number of hydrogen-bond donors (Lipinski definition) is 2. The summed E-state index contributed by atoms with van der Waals surface area (Å²) in [5.41, 5.74) is 0.109. The fraction of sp³-hybridized carbons (Fsp3) is 0.440. The van der Waals surface area contributed by atoms with E-state index in [4.69, 9.17) is 9.47 Å². The van der Waals surface area contributed by atoms with Crippen molar-refractivity contribution in [3.63, 3.8) is 0 Å². The summed E-state index contributed by atoms with van der Waals surface area (Å²) >= 11 is 0. The molecule has 0 spiro atoms. The number of ether oxygens (including phenoxy) is 2. The Morgan fingerprint density at radius 3 is 2.50 bits per heavy atom. The third-order valence-electron chi connectivity index (χ3n) is 6.35. The third kappa shape index (κ3) is 6.21. The highest BCUT2D eigenvalue weighted by molar-refractivity contribution is 5.95. The fourth-order valence-corrected chi connectivity index (χ4v) is 4.42. The molecule has 11 nitrogen and oxygen atoms in total. The molecular weight excluding hydrogens is 504 g/mol. The molecule has 2 N–H and O–H groups in total. The second kappa shape index (κ2) is 11.9. The van der Waals surface area contributed by atoms with E-state index in [-0.39, 0.29) is 76.0 Å². The number of aromatic amines is 1. The number of nitrogens with zero attached hydrogens (tertiary/aromatic N) is 3. The maximum Gasteiger partial charge on any atom is 0.414 e. The Kier molecular flexibility index (Phi) is 8.44. The Balaban J connectivity index is 1.31. The van der Waals surface area contributed by atoms with E-state index in [1.165, 1.54) is 9.80 Å². The van der Waals surface area contributed by atoms with Gasteiger partial charge >= 0.3 is 12.1 Å². The largest absolute Gasteiger partial charge is 0.466 e. The summed E-state index contributed by atoms with van der Waals surface area (Å²) in [6, 6.07) is 5.40. The molecule has 0 aliphatic carbocycles. The number of rotatable bonds is 9. The lowest BCUT2D eigenvalue weighted by molar-refractivity contribution is -0.143. The van der Waals surface area contributed by atoms with Crippen LogP contribution >= 0.6 is 0 Å². The van der Waals surface area contributed by atoms with Crippen LogP contribution < -0.4 is 15.1 Å². The maximum absolute atomic E-state index is 15.1. The lowest BCUT2D eigenvalue weighted by atomic mass is 10.1. The van der Waals surface area contributed by atoms with E-state index >= 15 is 8.78 Å². The van der Waals surface area contributed by atoms with Gasteiger partial charge in [-0.2, -0.15) is 0 Å². The van der Waals surface area contributed by atoms with Crippen molar-refractivity contribution in [2.75, 3.05) is 55.7 Å². The molecule has 2 fully saturated rings. The van der Waals surface area contributed by atoms with E-state index in [0.29, 0.717) is 5.69 Å². The van der Waals surface area contributed by atoms with Crippen LogP contribution in [0, 0.1) is 11.6 Å². The highest BCUT2D eigenvalue weighted by Crippen LogP contribution is 2.32. The molecule has 1 atom stereocenters. The molecular formula is C25H29F2N5O6. The number of nitrogens with one attached hydrogen (secondary N) is 2. The van der Waals surface area contributed by atoms with E-state index in [1.807, 2.05) is 0 Å². The fourth-order valence-electron chi connectivity index (χ4n) is 4.42. The first-order chi connectivity index (χ1) is 18.3. The highest BCUT2D eigenvalue weighted by Gasteiger charge is 2.34. The molecule has 38 heavy (non-hydrogen) atoms.